The lowest BCUT2D eigenvalue weighted by Gasteiger charge is -2.25. The second-order valence-corrected chi connectivity index (χ2v) is 10.8. The summed E-state index contributed by atoms with van der Waals surface area (Å²) in [5.41, 5.74) is 14.3. The van der Waals surface area contributed by atoms with Gasteiger partial charge in [-0.05, 0) is 42.2 Å². The molecule has 0 aliphatic carbocycles. The van der Waals surface area contributed by atoms with Gasteiger partial charge in [0, 0.05) is 48.3 Å². The molecule has 0 radical (unpaired) electrons. The normalized spacial score (nSPS) is 13.7. The number of imidazole rings is 1. The molecule has 2 aromatic heterocycles. The molecule has 15 heteroatoms. The number of amides is 4. The first-order valence-corrected chi connectivity index (χ1v) is 14.5. The molecular formula is C31H36N8O7. The summed E-state index contributed by atoms with van der Waals surface area (Å²) < 4.78 is 0. The minimum absolute atomic E-state index is 0.000777. The average molecular weight is 633 g/mol. The number of benzene rings is 2. The SMILES string of the molecule is NC(=O)CCC(NC(=O)C(Cc1ccc(O)cc1)NC(=O)C(N)Cc1c[nH]c2ccccc12)C(=O)NC(Cc1cnc[nH]1)C(=O)O. The maximum Gasteiger partial charge on any atom is 0.326 e. The number of carboxylic acids is 1. The minimum atomic E-state index is -1.38. The van der Waals surface area contributed by atoms with E-state index in [1.165, 1.54) is 24.7 Å². The van der Waals surface area contributed by atoms with Gasteiger partial charge in [-0.3, -0.25) is 19.2 Å². The van der Waals surface area contributed by atoms with E-state index >= 15 is 0 Å². The van der Waals surface area contributed by atoms with Crippen LogP contribution in [0.2, 0.25) is 0 Å². The molecule has 4 amide bonds. The number of nitrogens with one attached hydrogen (secondary N) is 5. The van der Waals surface area contributed by atoms with Crippen LogP contribution in [0.4, 0.5) is 0 Å². The summed E-state index contributed by atoms with van der Waals surface area (Å²) in [6.07, 6.45) is 4.02. The number of rotatable bonds is 16. The van der Waals surface area contributed by atoms with Crippen LogP contribution in [0, 0.1) is 0 Å². The summed E-state index contributed by atoms with van der Waals surface area (Å²) in [5.74, 6) is -4.35. The van der Waals surface area contributed by atoms with Gasteiger partial charge in [0.25, 0.3) is 0 Å². The van der Waals surface area contributed by atoms with Gasteiger partial charge < -0.3 is 47.6 Å². The molecule has 15 nitrogen and oxygen atoms in total. The zero-order valence-electron chi connectivity index (χ0n) is 24.7. The molecule has 0 aliphatic heterocycles. The van der Waals surface area contributed by atoms with Gasteiger partial charge >= 0.3 is 5.97 Å². The fourth-order valence-electron chi connectivity index (χ4n) is 4.90. The molecule has 0 aliphatic rings. The van der Waals surface area contributed by atoms with Crippen molar-refractivity contribution in [2.75, 3.05) is 0 Å². The van der Waals surface area contributed by atoms with Crippen LogP contribution in [-0.4, -0.2) is 78.9 Å². The van der Waals surface area contributed by atoms with Gasteiger partial charge in [-0.15, -0.1) is 0 Å². The van der Waals surface area contributed by atoms with Gasteiger partial charge in [0.2, 0.25) is 23.6 Å². The van der Waals surface area contributed by atoms with E-state index in [-0.39, 0.29) is 37.9 Å². The van der Waals surface area contributed by atoms with Crippen molar-refractivity contribution in [3.8, 4) is 5.75 Å². The number of aromatic amines is 2. The highest BCUT2D eigenvalue weighted by atomic mass is 16.4. The van der Waals surface area contributed by atoms with E-state index in [0.717, 1.165) is 16.5 Å². The highest BCUT2D eigenvalue weighted by Gasteiger charge is 2.31. The number of aliphatic carboxylic acids is 1. The summed E-state index contributed by atoms with van der Waals surface area (Å²) in [6.45, 7) is 0. The number of para-hydroxylation sites is 1. The minimum Gasteiger partial charge on any atom is -0.508 e. The second kappa shape index (κ2) is 15.3. The molecule has 0 saturated carbocycles. The number of H-pyrrole nitrogens is 2. The van der Waals surface area contributed by atoms with Crippen LogP contribution in [0.15, 0.2) is 67.3 Å². The Morgan fingerprint density at radius 1 is 0.826 bits per heavy atom. The molecule has 11 N–H and O–H groups in total. The number of aromatic nitrogens is 3. The maximum atomic E-state index is 13.7. The van der Waals surface area contributed by atoms with Gasteiger partial charge in [-0.25, -0.2) is 9.78 Å². The lowest BCUT2D eigenvalue weighted by molar-refractivity contribution is -0.142. The molecule has 0 spiro atoms. The molecule has 2 heterocycles. The number of nitrogens with zero attached hydrogens (tertiary/aromatic N) is 1. The zero-order valence-corrected chi connectivity index (χ0v) is 24.7. The van der Waals surface area contributed by atoms with Crippen molar-refractivity contribution in [1.82, 2.24) is 30.9 Å². The van der Waals surface area contributed by atoms with Crippen molar-refractivity contribution in [2.45, 2.75) is 56.3 Å². The van der Waals surface area contributed by atoms with Crippen LogP contribution in [0.5, 0.6) is 5.75 Å². The Balaban J connectivity index is 1.51. The number of carbonyl (C=O) groups excluding carboxylic acids is 4. The summed E-state index contributed by atoms with van der Waals surface area (Å²) in [6, 6.07) is 8.47. The largest absolute Gasteiger partial charge is 0.508 e. The Morgan fingerprint density at radius 2 is 1.50 bits per heavy atom. The van der Waals surface area contributed by atoms with Crippen LogP contribution in [0.1, 0.15) is 29.7 Å². The van der Waals surface area contributed by atoms with Crippen molar-refractivity contribution in [3.05, 3.63) is 84.1 Å². The van der Waals surface area contributed by atoms with E-state index in [2.05, 4.69) is 30.9 Å². The Labute approximate surface area is 263 Å². The van der Waals surface area contributed by atoms with E-state index in [1.807, 2.05) is 24.3 Å². The Kier molecular flexibility index (Phi) is 11.1. The number of primary amides is 1. The van der Waals surface area contributed by atoms with Crippen LogP contribution in [0.25, 0.3) is 10.9 Å². The molecule has 2 aromatic carbocycles. The molecule has 4 rings (SSSR count). The standard InChI is InChI=1S/C31H36N8O7/c32-22(12-18-14-35-23-4-2-1-3-21(18)23)28(42)38-25(11-17-5-7-20(40)8-6-17)30(44)37-24(9-10-27(33)41)29(43)39-26(31(45)46)13-19-15-34-16-36-19/h1-8,14-16,22,24-26,35,40H,9-13,32H2,(H2,33,41)(H,34,36)(H,37,44)(H,38,42)(H,39,43)(H,45,46). The molecule has 0 fully saturated rings. The van der Waals surface area contributed by atoms with Crippen molar-refractivity contribution < 1.29 is 34.2 Å². The van der Waals surface area contributed by atoms with E-state index in [9.17, 15) is 34.2 Å². The molecule has 242 valence electrons. The second-order valence-electron chi connectivity index (χ2n) is 10.8. The van der Waals surface area contributed by atoms with E-state index in [4.69, 9.17) is 11.5 Å². The topological polar surface area (TPSA) is 258 Å². The Morgan fingerprint density at radius 3 is 2.17 bits per heavy atom. The molecule has 4 unspecified atom stereocenters. The van der Waals surface area contributed by atoms with Crippen molar-refractivity contribution in [3.63, 3.8) is 0 Å². The zero-order chi connectivity index (χ0) is 33.2. The maximum absolute atomic E-state index is 13.7. The summed E-state index contributed by atoms with van der Waals surface area (Å²) >= 11 is 0. The van der Waals surface area contributed by atoms with Crippen molar-refractivity contribution in [1.29, 1.82) is 0 Å². The number of phenolic OH excluding ortho intramolecular Hbond substituents is 1. The number of fused-ring (bicyclic) bond motifs is 1. The molecule has 0 saturated heterocycles. The van der Waals surface area contributed by atoms with Crippen LogP contribution in [-0.2, 0) is 43.2 Å². The average Bonchev–Trinajstić information content (AvgIpc) is 3.69. The van der Waals surface area contributed by atoms with Crippen molar-refractivity contribution in [2.24, 2.45) is 11.5 Å². The number of hydrogen-bond acceptors (Lipinski definition) is 8. The van der Waals surface area contributed by atoms with Gasteiger partial charge in [0.1, 0.15) is 23.9 Å². The predicted molar refractivity (Wildman–Crippen MR) is 166 cm³/mol. The predicted octanol–water partition coefficient (Wildman–Crippen LogP) is -0.244. The highest BCUT2D eigenvalue weighted by Crippen LogP contribution is 2.19. The number of nitrogens with two attached hydrogens (primary N) is 2. The van der Waals surface area contributed by atoms with E-state index in [0.29, 0.717) is 11.3 Å². The highest BCUT2D eigenvalue weighted by molar-refractivity contribution is 5.95. The smallest absolute Gasteiger partial charge is 0.326 e. The lowest BCUT2D eigenvalue weighted by Crippen LogP contribution is -2.58. The van der Waals surface area contributed by atoms with Crippen molar-refractivity contribution >= 4 is 40.5 Å². The first kappa shape index (κ1) is 33.2. The number of carbonyl (C=O) groups is 5. The first-order chi connectivity index (χ1) is 22.0. The lowest BCUT2D eigenvalue weighted by atomic mass is 10.0. The summed E-state index contributed by atoms with van der Waals surface area (Å²) in [5, 5.41) is 27.9. The quantitative estimate of drug-likeness (QED) is 0.0788. The third kappa shape index (κ3) is 9.15. The number of aromatic hydroxyl groups is 1. The Hall–Kier alpha value is -5.70. The summed E-state index contributed by atoms with van der Waals surface area (Å²) in [4.78, 5) is 73.4. The van der Waals surface area contributed by atoms with Gasteiger partial charge in [0.15, 0.2) is 0 Å². The fourth-order valence-corrected chi connectivity index (χ4v) is 4.90. The monoisotopic (exact) mass is 632 g/mol. The third-order valence-electron chi connectivity index (χ3n) is 7.37. The van der Waals surface area contributed by atoms with Crippen LogP contribution < -0.4 is 27.4 Å². The van der Waals surface area contributed by atoms with Gasteiger partial charge in [0.05, 0.1) is 12.4 Å². The molecule has 4 atom stereocenters. The summed E-state index contributed by atoms with van der Waals surface area (Å²) in [7, 11) is 0. The molecule has 4 aromatic rings. The fraction of sp³-hybridized carbons (Fsp3) is 0.290. The Bertz CT molecular complexity index is 1670. The van der Waals surface area contributed by atoms with Crippen LogP contribution >= 0.6 is 0 Å². The van der Waals surface area contributed by atoms with E-state index < -0.39 is 53.8 Å². The van der Waals surface area contributed by atoms with Gasteiger partial charge in [-0.2, -0.15) is 0 Å². The van der Waals surface area contributed by atoms with Gasteiger partial charge in [-0.1, -0.05) is 30.3 Å². The number of phenols is 1. The van der Waals surface area contributed by atoms with E-state index in [1.54, 1.807) is 18.3 Å². The third-order valence-corrected chi connectivity index (χ3v) is 7.37. The molecular weight excluding hydrogens is 596 g/mol. The number of hydrogen-bond donors (Lipinski definition) is 9. The first-order valence-electron chi connectivity index (χ1n) is 14.5. The number of carboxylic acid groups (broad SMARTS) is 1. The van der Waals surface area contributed by atoms with Crippen LogP contribution in [0.3, 0.4) is 0 Å². The molecule has 46 heavy (non-hydrogen) atoms. The molecule has 0 bridgehead atoms.